The normalized spacial score (nSPS) is 10.8. The van der Waals surface area contributed by atoms with Crippen molar-refractivity contribution in [3.05, 3.63) is 70.9 Å². The first-order chi connectivity index (χ1) is 16.0. The maximum atomic E-state index is 12.9. The Morgan fingerprint density at radius 2 is 1.97 bits per heavy atom. The highest BCUT2D eigenvalue weighted by molar-refractivity contribution is 6.30. The molecule has 8 heteroatoms. The fraction of sp³-hybridized carbons (Fsp3) is 0.200. The predicted octanol–water partition coefficient (Wildman–Crippen LogP) is 5.45. The lowest BCUT2D eigenvalue weighted by Gasteiger charge is -2.11. The molecule has 0 aliphatic carbocycles. The molecule has 3 aromatic rings. The van der Waals surface area contributed by atoms with Crippen LogP contribution in [0.4, 0.5) is 5.69 Å². The Labute approximate surface area is 197 Å². The van der Waals surface area contributed by atoms with Gasteiger partial charge in [0.05, 0.1) is 37.0 Å². The van der Waals surface area contributed by atoms with E-state index in [0.717, 1.165) is 12.0 Å². The minimum Gasteiger partial charge on any atom is -0.491 e. The standard InChI is InChI=1S/C25H22ClN5O2/c1-2-14-33-23-7-4-3-6-22(23)29-25(32)19(16-28)15-20-17-31(13-5-12-27)30-24(20)18-8-10-21(26)11-9-18/h3-4,6-11,15,17H,2,5,13-14H2,1H3,(H,29,32). The molecule has 33 heavy (non-hydrogen) atoms. The number of rotatable bonds is 9. The molecule has 0 aliphatic heterocycles. The number of para-hydroxylation sites is 2. The monoisotopic (exact) mass is 459 g/mol. The molecule has 166 valence electrons. The SMILES string of the molecule is CCCOc1ccccc1NC(=O)C(C#N)=Cc1cn(CCC#N)nc1-c1ccc(Cl)cc1. The van der Waals surface area contributed by atoms with Crippen LogP contribution in [0.25, 0.3) is 17.3 Å². The van der Waals surface area contributed by atoms with Crippen molar-refractivity contribution in [2.24, 2.45) is 0 Å². The van der Waals surface area contributed by atoms with E-state index in [2.05, 4.69) is 16.5 Å². The van der Waals surface area contributed by atoms with E-state index in [9.17, 15) is 10.1 Å². The summed E-state index contributed by atoms with van der Waals surface area (Å²) in [5.41, 5.74) is 2.33. The largest absolute Gasteiger partial charge is 0.491 e. The quantitative estimate of drug-likeness (QED) is 0.338. The number of nitrogens with zero attached hydrogens (tertiary/aromatic N) is 4. The van der Waals surface area contributed by atoms with Crippen LogP contribution in [-0.4, -0.2) is 22.3 Å². The molecule has 0 unspecified atom stereocenters. The highest BCUT2D eigenvalue weighted by Crippen LogP contribution is 2.27. The number of nitriles is 2. The zero-order valence-electron chi connectivity index (χ0n) is 18.1. The van der Waals surface area contributed by atoms with Gasteiger partial charge in [-0.3, -0.25) is 9.48 Å². The number of nitrogens with one attached hydrogen (secondary N) is 1. The molecule has 0 radical (unpaired) electrons. The third-order valence-corrected chi connectivity index (χ3v) is 4.87. The van der Waals surface area contributed by atoms with E-state index in [0.29, 0.717) is 40.9 Å². The molecule has 3 rings (SSSR count). The molecule has 7 nitrogen and oxygen atoms in total. The van der Waals surface area contributed by atoms with Crippen LogP contribution >= 0.6 is 11.6 Å². The smallest absolute Gasteiger partial charge is 0.266 e. The van der Waals surface area contributed by atoms with E-state index >= 15 is 0 Å². The van der Waals surface area contributed by atoms with E-state index in [1.54, 1.807) is 41.2 Å². The summed E-state index contributed by atoms with van der Waals surface area (Å²) in [4.78, 5) is 12.9. The van der Waals surface area contributed by atoms with Gasteiger partial charge in [-0.15, -0.1) is 0 Å². The van der Waals surface area contributed by atoms with Crippen LogP contribution in [0.15, 0.2) is 60.3 Å². The van der Waals surface area contributed by atoms with Gasteiger partial charge in [-0.2, -0.15) is 15.6 Å². The number of halogens is 1. The van der Waals surface area contributed by atoms with Crippen LogP contribution in [0.2, 0.25) is 5.02 Å². The van der Waals surface area contributed by atoms with E-state index in [1.165, 1.54) is 6.08 Å². The average Bonchev–Trinajstić information content (AvgIpc) is 3.23. The minimum atomic E-state index is -0.558. The summed E-state index contributed by atoms with van der Waals surface area (Å²) < 4.78 is 7.30. The Balaban J connectivity index is 1.94. The summed E-state index contributed by atoms with van der Waals surface area (Å²) in [6, 6.07) is 18.2. The third kappa shape index (κ3) is 6.22. The van der Waals surface area contributed by atoms with Gasteiger partial charge in [-0.25, -0.2) is 0 Å². The van der Waals surface area contributed by atoms with E-state index in [1.807, 2.05) is 31.2 Å². The first-order valence-corrected chi connectivity index (χ1v) is 10.8. The summed E-state index contributed by atoms with van der Waals surface area (Å²) in [5.74, 6) is -0.0203. The fourth-order valence-corrected chi connectivity index (χ4v) is 3.18. The van der Waals surface area contributed by atoms with Crippen molar-refractivity contribution in [2.75, 3.05) is 11.9 Å². The van der Waals surface area contributed by atoms with Gasteiger partial charge in [0.15, 0.2) is 0 Å². The fourth-order valence-electron chi connectivity index (χ4n) is 3.06. The van der Waals surface area contributed by atoms with Crippen molar-refractivity contribution in [2.45, 2.75) is 26.3 Å². The van der Waals surface area contributed by atoms with Crippen LogP contribution in [0, 0.1) is 22.7 Å². The predicted molar refractivity (Wildman–Crippen MR) is 127 cm³/mol. The lowest BCUT2D eigenvalue weighted by Crippen LogP contribution is -2.14. The maximum absolute atomic E-state index is 12.9. The number of anilines is 1. The Kier molecular flexibility index (Phi) is 8.24. The molecule has 0 spiro atoms. The lowest BCUT2D eigenvalue weighted by atomic mass is 10.1. The van der Waals surface area contributed by atoms with Crippen molar-refractivity contribution in [1.29, 1.82) is 10.5 Å². The van der Waals surface area contributed by atoms with Crippen molar-refractivity contribution < 1.29 is 9.53 Å². The minimum absolute atomic E-state index is 0.0876. The number of benzene rings is 2. The Morgan fingerprint density at radius 1 is 1.21 bits per heavy atom. The van der Waals surface area contributed by atoms with Crippen LogP contribution in [0.3, 0.4) is 0 Å². The first kappa shape index (κ1) is 23.6. The molecule has 0 atom stereocenters. The van der Waals surface area contributed by atoms with Crippen LogP contribution < -0.4 is 10.1 Å². The number of aryl methyl sites for hydroxylation is 1. The summed E-state index contributed by atoms with van der Waals surface area (Å²) >= 11 is 6.00. The molecule has 0 aliphatic rings. The van der Waals surface area contributed by atoms with Crippen molar-refractivity contribution >= 4 is 29.3 Å². The topological polar surface area (TPSA) is 104 Å². The van der Waals surface area contributed by atoms with Crippen LogP contribution in [0.5, 0.6) is 5.75 Å². The van der Waals surface area contributed by atoms with Gasteiger partial charge >= 0.3 is 0 Å². The molecule has 0 saturated carbocycles. The zero-order valence-corrected chi connectivity index (χ0v) is 18.8. The van der Waals surface area contributed by atoms with Gasteiger partial charge < -0.3 is 10.1 Å². The number of ether oxygens (including phenoxy) is 1. The summed E-state index contributed by atoms with van der Waals surface area (Å²) in [6.45, 7) is 2.90. The molecule has 0 saturated heterocycles. The summed E-state index contributed by atoms with van der Waals surface area (Å²) in [6.07, 6.45) is 4.31. The summed E-state index contributed by atoms with van der Waals surface area (Å²) in [7, 11) is 0. The third-order valence-electron chi connectivity index (χ3n) is 4.62. The number of carbonyl (C=O) groups excluding carboxylic acids is 1. The molecule has 1 amide bonds. The molecular weight excluding hydrogens is 438 g/mol. The number of amides is 1. The van der Waals surface area contributed by atoms with Crippen molar-refractivity contribution in [3.8, 4) is 29.1 Å². The van der Waals surface area contributed by atoms with Gasteiger partial charge in [0, 0.05) is 22.3 Å². The second-order valence-corrected chi connectivity index (χ2v) is 7.52. The number of hydrogen-bond donors (Lipinski definition) is 1. The summed E-state index contributed by atoms with van der Waals surface area (Å²) in [5, 5.41) is 26.5. The van der Waals surface area contributed by atoms with Crippen LogP contribution in [-0.2, 0) is 11.3 Å². The lowest BCUT2D eigenvalue weighted by molar-refractivity contribution is -0.112. The average molecular weight is 460 g/mol. The number of aromatic nitrogens is 2. The molecule has 1 heterocycles. The highest BCUT2D eigenvalue weighted by Gasteiger charge is 2.16. The van der Waals surface area contributed by atoms with E-state index < -0.39 is 5.91 Å². The Hall–Kier alpha value is -4.07. The molecule has 1 aromatic heterocycles. The second kappa shape index (κ2) is 11.5. The highest BCUT2D eigenvalue weighted by atomic mass is 35.5. The molecular formula is C25H22ClN5O2. The molecule has 1 N–H and O–H groups in total. The first-order valence-electron chi connectivity index (χ1n) is 10.4. The zero-order chi connectivity index (χ0) is 23.6. The Morgan fingerprint density at radius 3 is 2.67 bits per heavy atom. The number of hydrogen-bond acceptors (Lipinski definition) is 5. The van der Waals surface area contributed by atoms with Crippen molar-refractivity contribution in [1.82, 2.24) is 9.78 Å². The molecule has 0 fully saturated rings. The van der Waals surface area contributed by atoms with Crippen molar-refractivity contribution in [3.63, 3.8) is 0 Å². The second-order valence-electron chi connectivity index (χ2n) is 7.08. The van der Waals surface area contributed by atoms with E-state index in [4.69, 9.17) is 21.6 Å². The maximum Gasteiger partial charge on any atom is 0.266 e. The van der Waals surface area contributed by atoms with Crippen LogP contribution in [0.1, 0.15) is 25.3 Å². The van der Waals surface area contributed by atoms with Gasteiger partial charge in [0.25, 0.3) is 5.91 Å². The van der Waals surface area contributed by atoms with Gasteiger partial charge in [0.1, 0.15) is 17.4 Å². The van der Waals surface area contributed by atoms with Gasteiger partial charge in [0.2, 0.25) is 0 Å². The number of carbonyl (C=O) groups is 1. The van der Waals surface area contributed by atoms with Gasteiger partial charge in [-0.1, -0.05) is 42.8 Å². The van der Waals surface area contributed by atoms with E-state index in [-0.39, 0.29) is 12.0 Å². The molecule has 2 aromatic carbocycles. The molecule has 0 bridgehead atoms. The van der Waals surface area contributed by atoms with Gasteiger partial charge in [-0.05, 0) is 36.8 Å². The Bertz CT molecular complexity index is 1230.